The lowest BCUT2D eigenvalue weighted by atomic mass is 9.97. The Morgan fingerprint density at radius 1 is 1.03 bits per heavy atom. The zero-order valence-electron chi connectivity index (χ0n) is 17.9. The van der Waals surface area contributed by atoms with E-state index in [9.17, 15) is 17.6 Å². The SMILES string of the molecule is O=C(Nc1cccc(CN2CCOCC2)c1)C1CCN(S(=O)(=O)c2ccc(F)cc2)CC1. The highest BCUT2D eigenvalue weighted by molar-refractivity contribution is 7.89. The summed E-state index contributed by atoms with van der Waals surface area (Å²) in [5.74, 6) is -0.821. The molecule has 0 radical (unpaired) electrons. The first-order valence-electron chi connectivity index (χ1n) is 10.9. The van der Waals surface area contributed by atoms with Crippen molar-refractivity contribution in [1.82, 2.24) is 9.21 Å². The third-order valence-electron chi connectivity index (χ3n) is 5.98. The normalized spacial score (nSPS) is 19.0. The fraction of sp³-hybridized carbons (Fsp3) is 0.435. The first-order valence-corrected chi connectivity index (χ1v) is 12.3. The van der Waals surface area contributed by atoms with Gasteiger partial charge in [0.1, 0.15) is 5.82 Å². The summed E-state index contributed by atoms with van der Waals surface area (Å²) in [6.45, 7) is 4.61. The number of carbonyl (C=O) groups excluding carboxylic acids is 1. The molecule has 0 saturated carbocycles. The van der Waals surface area contributed by atoms with Crippen LogP contribution in [0.25, 0.3) is 0 Å². The Hall–Kier alpha value is -2.33. The summed E-state index contributed by atoms with van der Waals surface area (Å²) < 4.78 is 45.4. The maximum atomic E-state index is 13.1. The van der Waals surface area contributed by atoms with Crippen LogP contribution in [-0.4, -0.2) is 62.9 Å². The number of hydrogen-bond donors (Lipinski definition) is 1. The van der Waals surface area contributed by atoms with Gasteiger partial charge in [-0.15, -0.1) is 0 Å². The Kier molecular flexibility index (Phi) is 7.20. The van der Waals surface area contributed by atoms with Crippen LogP contribution in [0.3, 0.4) is 0 Å². The summed E-state index contributed by atoms with van der Waals surface area (Å²) in [5.41, 5.74) is 1.88. The van der Waals surface area contributed by atoms with Gasteiger partial charge in [0, 0.05) is 44.3 Å². The predicted molar refractivity (Wildman–Crippen MR) is 119 cm³/mol. The summed E-state index contributed by atoms with van der Waals surface area (Å²) >= 11 is 0. The third kappa shape index (κ3) is 5.53. The lowest BCUT2D eigenvalue weighted by Gasteiger charge is -2.30. The Morgan fingerprint density at radius 2 is 1.72 bits per heavy atom. The number of carbonyl (C=O) groups is 1. The molecule has 0 bridgehead atoms. The average Bonchev–Trinajstić information content (AvgIpc) is 2.80. The molecule has 0 unspecified atom stereocenters. The molecule has 2 aromatic carbocycles. The second-order valence-electron chi connectivity index (χ2n) is 8.21. The second kappa shape index (κ2) is 10.1. The van der Waals surface area contributed by atoms with E-state index >= 15 is 0 Å². The van der Waals surface area contributed by atoms with Crippen molar-refractivity contribution in [2.24, 2.45) is 5.92 Å². The highest BCUT2D eigenvalue weighted by Gasteiger charge is 2.32. The molecule has 0 spiro atoms. The van der Waals surface area contributed by atoms with E-state index in [1.54, 1.807) is 0 Å². The number of sulfonamides is 1. The van der Waals surface area contributed by atoms with Gasteiger partial charge in [0.05, 0.1) is 18.1 Å². The van der Waals surface area contributed by atoms with Crippen LogP contribution >= 0.6 is 0 Å². The fourth-order valence-corrected chi connectivity index (χ4v) is 5.59. The maximum Gasteiger partial charge on any atom is 0.243 e. The van der Waals surface area contributed by atoms with Gasteiger partial charge in [0.25, 0.3) is 0 Å². The van der Waals surface area contributed by atoms with Crippen LogP contribution in [0.4, 0.5) is 10.1 Å². The van der Waals surface area contributed by atoms with Gasteiger partial charge in [0.15, 0.2) is 0 Å². The van der Waals surface area contributed by atoms with Gasteiger partial charge in [-0.05, 0) is 54.8 Å². The predicted octanol–water partition coefficient (Wildman–Crippen LogP) is 2.70. The van der Waals surface area contributed by atoms with E-state index in [0.717, 1.165) is 56.2 Å². The molecule has 7 nitrogen and oxygen atoms in total. The van der Waals surface area contributed by atoms with Crippen LogP contribution in [0.15, 0.2) is 53.4 Å². The van der Waals surface area contributed by atoms with Crippen LogP contribution in [0.2, 0.25) is 0 Å². The molecule has 2 aromatic rings. The smallest absolute Gasteiger partial charge is 0.243 e. The Balaban J connectivity index is 1.32. The molecular formula is C23H28FN3O4S. The monoisotopic (exact) mass is 461 g/mol. The molecule has 2 aliphatic rings. The minimum Gasteiger partial charge on any atom is -0.379 e. The molecule has 172 valence electrons. The third-order valence-corrected chi connectivity index (χ3v) is 7.89. The van der Waals surface area contributed by atoms with Crippen molar-refractivity contribution < 1.29 is 22.3 Å². The molecule has 0 aromatic heterocycles. The van der Waals surface area contributed by atoms with Gasteiger partial charge >= 0.3 is 0 Å². The van der Waals surface area contributed by atoms with Crippen molar-refractivity contribution >= 4 is 21.6 Å². The Labute approximate surface area is 188 Å². The Bertz CT molecular complexity index is 1030. The van der Waals surface area contributed by atoms with Crippen molar-refractivity contribution in [2.45, 2.75) is 24.3 Å². The Morgan fingerprint density at radius 3 is 2.41 bits per heavy atom. The molecule has 0 aliphatic carbocycles. The van der Waals surface area contributed by atoms with E-state index in [1.807, 2.05) is 24.3 Å². The van der Waals surface area contributed by atoms with E-state index < -0.39 is 15.8 Å². The molecule has 2 saturated heterocycles. The van der Waals surface area contributed by atoms with Crippen LogP contribution in [0, 0.1) is 11.7 Å². The first kappa shape index (κ1) is 22.8. The van der Waals surface area contributed by atoms with Crippen LogP contribution < -0.4 is 5.32 Å². The van der Waals surface area contributed by atoms with Crippen LogP contribution in [-0.2, 0) is 26.1 Å². The number of morpholine rings is 1. The molecule has 1 N–H and O–H groups in total. The number of nitrogens with one attached hydrogen (secondary N) is 1. The van der Waals surface area contributed by atoms with Gasteiger partial charge in [-0.2, -0.15) is 4.31 Å². The van der Waals surface area contributed by atoms with Crippen molar-refractivity contribution in [3.05, 3.63) is 59.9 Å². The maximum absolute atomic E-state index is 13.1. The minimum absolute atomic E-state index is 0.0684. The molecule has 0 atom stereocenters. The number of nitrogens with zero attached hydrogens (tertiary/aromatic N) is 2. The van der Waals surface area contributed by atoms with Crippen molar-refractivity contribution in [3.8, 4) is 0 Å². The van der Waals surface area contributed by atoms with Crippen molar-refractivity contribution in [2.75, 3.05) is 44.7 Å². The number of piperidine rings is 1. The van der Waals surface area contributed by atoms with E-state index in [0.29, 0.717) is 12.8 Å². The highest BCUT2D eigenvalue weighted by atomic mass is 32.2. The number of amides is 1. The van der Waals surface area contributed by atoms with Crippen molar-refractivity contribution in [3.63, 3.8) is 0 Å². The van der Waals surface area contributed by atoms with E-state index in [1.165, 1.54) is 16.4 Å². The lowest BCUT2D eigenvalue weighted by molar-refractivity contribution is -0.120. The topological polar surface area (TPSA) is 79.0 Å². The second-order valence-corrected chi connectivity index (χ2v) is 10.1. The van der Waals surface area contributed by atoms with Gasteiger partial charge in [-0.3, -0.25) is 9.69 Å². The molecule has 2 aliphatic heterocycles. The quantitative estimate of drug-likeness (QED) is 0.716. The summed E-state index contributed by atoms with van der Waals surface area (Å²) in [6, 6.07) is 12.7. The summed E-state index contributed by atoms with van der Waals surface area (Å²) in [5, 5.41) is 2.99. The van der Waals surface area contributed by atoms with Gasteiger partial charge < -0.3 is 10.1 Å². The molecular weight excluding hydrogens is 433 g/mol. The standard InChI is InChI=1S/C23H28FN3O4S/c24-20-4-6-22(7-5-20)32(29,30)27-10-8-19(9-11-27)23(28)25-21-3-1-2-18(16-21)17-26-12-14-31-15-13-26/h1-7,16,19H,8-15,17H2,(H,25,28). The molecule has 1 amide bonds. The number of halogens is 1. The largest absolute Gasteiger partial charge is 0.379 e. The fourth-order valence-electron chi connectivity index (χ4n) is 4.12. The van der Waals surface area contributed by atoms with Crippen LogP contribution in [0.1, 0.15) is 18.4 Å². The molecule has 9 heteroatoms. The van der Waals surface area contributed by atoms with E-state index in [-0.39, 0.29) is 29.8 Å². The zero-order chi connectivity index (χ0) is 22.6. The summed E-state index contributed by atoms with van der Waals surface area (Å²) in [6.07, 6.45) is 0.888. The first-order chi connectivity index (χ1) is 15.4. The number of rotatable bonds is 6. The summed E-state index contributed by atoms with van der Waals surface area (Å²) in [7, 11) is -3.69. The number of hydrogen-bond acceptors (Lipinski definition) is 5. The van der Waals surface area contributed by atoms with Gasteiger partial charge in [0.2, 0.25) is 15.9 Å². The lowest BCUT2D eigenvalue weighted by Crippen LogP contribution is -2.41. The van der Waals surface area contributed by atoms with Crippen LogP contribution in [0.5, 0.6) is 0 Å². The average molecular weight is 462 g/mol. The number of benzene rings is 2. The molecule has 32 heavy (non-hydrogen) atoms. The number of anilines is 1. The molecule has 2 heterocycles. The van der Waals surface area contributed by atoms with E-state index in [4.69, 9.17) is 4.74 Å². The van der Waals surface area contributed by atoms with E-state index in [2.05, 4.69) is 10.2 Å². The summed E-state index contributed by atoms with van der Waals surface area (Å²) in [4.78, 5) is 15.2. The molecule has 2 fully saturated rings. The van der Waals surface area contributed by atoms with Crippen molar-refractivity contribution in [1.29, 1.82) is 0 Å². The number of ether oxygens (including phenoxy) is 1. The molecule has 4 rings (SSSR count). The van der Waals surface area contributed by atoms with Gasteiger partial charge in [-0.1, -0.05) is 12.1 Å². The minimum atomic E-state index is -3.69. The zero-order valence-corrected chi connectivity index (χ0v) is 18.7. The van der Waals surface area contributed by atoms with Gasteiger partial charge in [-0.25, -0.2) is 12.8 Å². The highest BCUT2D eigenvalue weighted by Crippen LogP contribution is 2.25.